The lowest BCUT2D eigenvalue weighted by atomic mass is 10.1. The van der Waals surface area contributed by atoms with Gasteiger partial charge < -0.3 is 14.6 Å². The average Bonchev–Trinajstić information content (AvgIpc) is 2.44. The van der Waals surface area contributed by atoms with E-state index >= 15 is 0 Å². The fraction of sp³-hybridized carbons (Fsp3) is 0.467. The van der Waals surface area contributed by atoms with E-state index in [4.69, 9.17) is 9.47 Å². The Morgan fingerprint density at radius 1 is 1.25 bits per heavy atom. The molecule has 1 amide bonds. The van der Waals surface area contributed by atoms with Crippen LogP contribution in [0.25, 0.3) is 0 Å². The molecule has 8 nitrogen and oxygen atoms in total. The van der Waals surface area contributed by atoms with Gasteiger partial charge in [0.2, 0.25) is 0 Å². The highest BCUT2D eigenvalue weighted by atomic mass is 32.2. The predicted octanol–water partition coefficient (Wildman–Crippen LogP) is 2.53. The number of carbonyl (C=O) groups excluding carboxylic acids is 1. The lowest BCUT2D eigenvalue weighted by Gasteiger charge is -2.21. The highest BCUT2D eigenvalue weighted by Crippen LogP contribution is 2.33. The van der Waals surface area contributed by atoms with Crippen molar-refractivity contribution in [3.05, 3.63) is 17.7 Å². The van der Waals surface area contributed by atoms with Gasteiger partial charge in [-0.2, -0.15) is 0 Å². The van der Waals surface area contributed by atoms with Crippen LogP contribution in [0.3, 0.4) is 0 Å². The zero-order chi connectivity index (χ0) is 18.7. The number of carboxylic acids is 1. The van der Waals surface area contributed by atoms with Crippen LogP contribution < -0.4 is 10.1 Å². The number of benzene rings is 1. The van der Waals surface area contributed by atoms with E-state index < -0.39 is 27.5 Å². The van der Waals surface area contributed by atoms with E-state index in [9.17, 15) is 23.1 Å². The number of sulfone groups is 1. The molecule has 0 fully saturated rings. The molecule has 0 radical (unpaired) electrons. The van der Waals surface area contributed by atoms with E-state index in [1.54, 1.807) is 20.8 Å². The Bertz CT molecular complexity index is 748. The normalized spacial score (nSPS) is 11.7. The maximum absolute atomic E-state index is 12.1. The molecule has 0 bridgehead atoms. The molecule has 1 aromatic carbocycles. The number of nitrogens with one attached hydrogen (secondary N) is 1. The summed E-state index contributed by atoms with van der Waals surface area (Å²) >= 11 is 0. The van der Waals surface area contributed by atoms with Crippen molar-refractivity contribution < 1.29 is 32.6 Å². The highest BCUT2D eigenvalue weighted by Gasteiger charge is 2.24. The third-order valence-electron chi connectivity index (χ3n) is 2.87. The van der Waals surface area contributed by atoms with Crippen LogP contribution in [-0.4, -0.2) is 44.1 Å². The van der Waals surface area contributed by atoms with E-state index in [1.165, 1.54) is 14.0 Å². The number of hydrogen-bond donors (Lipinski definition) is 2. The first-order valence-corrected chi connectivity index (χ1v) is 8.74. The maximum atomic E-state index is 12.1. The monoisotopic (exact) mass is 359 g/mol. The molecule has 0 atom stereocenters. The van der Waals surface area contributed by atoms with Gasteiger partial charge in [-0.05, 0) is 32.9 Å². The molecule has 9 heteroatoms. The number of amides is 1. The third-order valence-corrected chi connectivity index (χ3v) is 4.59. The number of carboxylic acid groups (broad SMARTS) is 1. The second kappa shape index (κ2) is 7.08. The van der Waals surface area contributed by atoms with Crippen molar-refractivity contribution in [3.63, 3.8) is 0 Å². The van der Waals surface area contributed by atoms with Crippen molar-refractivity contribution in [2.45, 2.75) is 38.2 Å². The van der Waals surface area contributed by atoms with Crippen molar-refractivity contribution in [2.75, 3.05) is 18.2 Å². The van der Waals surface area contributed by atoms with E-state index in [-0.39, 0.29) is 27.6 Å². The van der Waals surface area contributed by atoms with E-state index in [2.05, 4.69) is 5.32 Å². The van der Waals surface area contributed by atoms with Crippen molar-refractivity contribution in [3.8, 4) is 5.75 Å². The summed E-state index contributed by atoms with van der Waals surface area (Å²) in [5.41, 5.74) is -1.25. The van der Waals surface area contributed by atoms with Gasteiger partial charge in [-0.3, -0.25) is 5.32 Å². The molecule has 2 N–H and O–H groups in total. The summed E-state index contributed by atoms with van der Waals surface area (Å²) < 4.78 is 34.2. The summed E-state index contributed by atoms with van der Waals surface area (Å²) in [6.45, 7) is 6.40. The third kappa shape index (κ3) is 4.85. The lowest BCUT2D eigenvalue weighted by Crippen LogP contribution is -2.27. The van der Waals surface area contributed by atoms with Crippen molar-refractivity contribution in [1.82, 2.24) is 0 Å². The lowest BCUT2D eigenvalue weighted by molar-refractivity contribution is 0.0631. The van der Waals surface area contributed by atoms with E-state index in [0.717, 1.165) is 12.1 Å². The second-order valence-corrected chi connectivity index (χ2v) is 8.17. The number of rotatable bonds is 5. The molecule has 0 spiro atoms. The molecule has 134 valence electrons. The number of hydrogen-bond acceptors (Lipinski definition) is 6. The van der Waals surface area contributed by atoms with Crippen LogP contribution in [0.2, 0.25) is 0 Å². The summed E-state index contributed by atoms with van der Waals surface area (Å²) in [5.74, 6) is -1.76. The van der Waals surface area contributed by atoms with Crippen LogP contribution >= 0.6 is 0 Å². The molecular weight excluding hydrogens is 338 g/mol. The topological polar surface area (TPSA) is 119 Å². The van der Waals surface area contributed by atoms with Crippen LogP contribution in [0.5, 0.6) is 5.75 Å². The zero-order valence-electron chi connectivity index (χ0n) is 14.2. The first kappa shape index (κ1) is 19.8. The summed E-state index contributed by atoms with van der Waals surface area (Å²) in [7, 11) is -2.47. The number of ether oxygens (including phenoxy) is 2. The molecular formula is C15H21NO7S. The van der Waals surface area contributed by atoms with Gasteiger partial charge >= 0.3 is 12.1 Å². The summed E-state index contributed by atoms with van der Waals surface area (Å²) in [6, 6.07) is 2.15. The van der Waals surface area contributed by atoms with Crippen molar-refractivity contribution in [2.24, 2.45) is 0 Å². The maximum Gasteiger partial charge on any atom is 0.412 e. The molecule has 1 rings (SSSR count). The van der Waals surface area contributed by atoms with Gasteiger partial charge in [0.05, 0.1) is 23.4 Å². The van der Waals surface area contributed by atoms with Crippen molar-refractivity contribution >= 4 is 27.6 Å². The molecule has 24 heavy (non-hydrogen) atoms. The van der Waals surface area contributed by atoms with Crippen LogP contribution in [0.1, 0.15) is 38.1 Å². The summed E-state index contributed by atoms with van der Waals surface area (Å²) in [5, 5.41) is 11.6. The van der Waals surface area contributed by atoms with E-state index in [0.29, 0.717) is 0 Å². The Kier molecular flexibility index (Phi) is 5.83. The Morgan fingerprint density at radius 3 is 2.25 bits per heavy atom. The number of anilines is 1. The fourth-order valence-corrected chi connectivity index (χ4v) is 2.76. The molecule has 0 saturated heterocycles. The number of carbonyl (C=O) groups is 2. The van der Waals surface area contributed by atoms with Crippen LogP contribution in [0, 0.1) is 0 Å². The van der Waals surface area contributed by atoms with Gasteiger partial charge in [0, 0.05) is 0 Å². The highest BCUT2D eigenvalue weighted by molar-refractivity contribution is 7.91. The zero-order valence-corrected chi connectivity index (χ0v) is 15.0. The Balaban J connectivity index is 3.46. The Labute approximate surface area is 140 Å². The minimum atomic E-state index is -3.68. The van der Waals surface area contributed by atoms with Gasteiger partial charge in [0.25, 0.3) is 0 Å². The van der Waals surface area contributed by atoms with E-state index in [1.807, 2.05) is 0 Å². The molecule has 0 unspecified atom stereocenters. The standard InChI is InChI=1S/C15H21NO7S/c1-6-24(20,21)9-7-10(13(17)18)12(22-5)11(8-9)16-14(19)23-15(2,3)4/h7-8H,6H2,1-5H3,(H,16,19)(H,17,18). The predicted molar refractivity (Wildman–Crippen MR) is 87.5 cm³/mol. The molecule has 0 aliphatic heterocycles. The van der Waals surface area contributed by atoms with Gasteiger partial charge in [-0.1, -0.05) is 6.92 Å². The quantitative estimate of drug-likeness (QED) is 0.829. The van der Waals surface area contributed by atoms with Gasteiger partial charge in [0.1, 0.15) is 11.2 Å². The SMILES string of the molecule is CCS(=O)(=O)c1cc(NC(=O)OC(C)(C)C)c(OC)c(C(=O)O)c1. The molecule has 0 aromatic heterocycles. The van der Waals surface area contributed by atoms with Crippen LogP contribution in [0.4, 0.5) is 10.5 Å². The average molecular weight is 359 g/mol. The number of methoxy groups -OCH3 is 1. The van der Waals surface area contributed by atoms with Gasteiger partial charge in [-0.15, -0.1) is 0 Å². The fourth-order valence-electron chi connectivity index (χ4n) is 1.83. The van der Waals surface area contributed by atoms with Crippen LogP contribution in [0.15, 0.2) is 17.0 Å². The summed E-state index contributed by atoms with van der Waals surface area (Å²) in [6.07, 6.45) is -0.858. The second-order valence-electron chi connectivity index (χ2n) is 5.89. The molecule has 1 aromatic rings. The Morgan fingerprint density at radius 2 is 1.83 bits per heavy atom. The minimum absolute atomic E-state index is 0.0984. The minimum Gasteiger partial charge on any atom is -0.494 e. The number of aromatic carboxylic acids is 1. The molecule has 0 aliphatic rings. The first-order valence-electron chi connectivity index (χ1n) is 7.09. The smallest absolute Gasteiger partial charge is 0.412 e. The molecule has 0 aliphatic carbocycles. The largest absolute Gasteiger partial charge is 0.494 e. The molecule has 0 heterocycles. The van der Waals surface area contributed by atoms with Crippen molar-refractivity contribution in [1.29, 1.82) is 0 Å². The van der Waals surface area contributed by atoms with Gasteiger partial charge in [0.15, 0.2) is 15.6 Å². The Hall–Kier alpha value is -2.29. The van der Waals surface area contributed by atoms with Crippen LogP contribution in [-0.2, 0) is 14.6 Å². The molecule has 0 saturated carbocycles. The summed E-state index contributed by atoms with van der Waals surface area (Å²) in [4.78, 5) is 23.1. The first-order chi connectivity index (χ1) is 10.9. The van der Waals surface area contributed by atoms with Gasteiger partial charge in [-0.25, -0.2) is 18.0 Å².